The molecule has 23 heavy (non-hydrogen) atoms. The minimum absolute atomic E-state index is 0.0179. The minimum Gasteiger partial charge on any atom is -0.338 e. The van der Waals surface area contributed by atoms with Gasteiger partial charge in [-0.25, -0.2) is 13.6 Å². The van der Waals surface area contributed by atoms with Crippen LogP contribution in [0.15, 0.2) is 30.6 Å². The highest BCUT2D eigenvalue weighted by molar-refractivity contribution is 5.74. The number of carbonyl (C=O) groups is 1. The smallest absolute Gasteiger partial charge is 0.315 e. The van der Waals surface area contributed by atoms with Crippen molar-refractivity contribution < 1.29 is 13.6 Å². The lowest BCUT2D eigenvalue weighted by atomic mass is 10.1. The molecular formula is C16H20F2N4O. The molecule has 0 bridgehead atoms. The summed E-state index contributed by atoms with van der Waals surface area (Å²) in [6.07, 6.45) is 4.37. The van der Waals surface area contributed by atoms with Gasteiger partial charge in [-0.15, -0.1) is 0 Å². The molecule has 0 fully saturated rings. The first-order valence-corrected chi connectivity index (χ1v) is 7.40. The summed E-state index contributed by atoms with van der Waals surface area (Å²) in [5.74, 6) is -1.20. The molecule has 7 heteroatoms. The van der Waals surface area contributed by atoms with E-state index in [1.807, 2.05) is 13.2 Å². The van der Waals surface area contributed by atoms with Crippen molar-refractivity contribution in [2.45, 2.75) is 25.8 Å². The zero-order valence-corrected chi connectivity index (χ0v) is 13.1. The van der Waals surface area contributed by atoms with Gasteiger partial charge in [-0.05, 0) is 37.5 Å². The number of halogens is 2. The van der Waals surface area contributed by atoms with Crippen LogP contribution in [0.2, 0.25) is 0 Å². The number of benzene rings is 1. The molecule has 1 atom stereocenters. The molecular weight excluding hydrogens is 302 g/mol. The number of rotatable bonds is 6. The molecule has 0 spiro atoms. The first kappa shape index (κ1) is 16.9. The van der Waals surface area contributed by atoms with Crippen molar-refractivity contribution in [3.8, 4) is 0 Å². The van der Waals surface area contributed by atoms with Gasteiger partial charge in [0.05, 0.1) is 6.20 Å². The Kier molecular flexibility index (Phi) is 5.67. The molecule has 2 amide bonds. The molecule has 2 aromatic rings. The molecule has 1 aromatic heterocycles. The van der Waals surface area contributed by atoms with Crippen LogP contribution in [0.1, 0.15) is 18.1 Å². The summed E-state index contributed by atoms with van der Waals surface area (Å²) < 4.78 is 28.8. The van der Waals surface area contributed by atoms with Crippen LogP contribution in [0, 0.1) is 11.6 Å². The standard InChI is InChI=1S/C16H20F2N4O/c1-11(8-13-14(17)4-3-5-15(13)18)21-16(23)19-7-6-12-9-20-22(2)10-12/h3-5,9-11H,6-8H2,1-2H3,(H2,19,21,23). The Morgan fingerprint density at radius 3 is 2.65 bits per heavy atom. The maximum absolute atomic E-state index is 13.6. The summed E-state index contributed by atoms with van der Waals surface area (Å²) in [5.41, 5.74) is 1.00. The highest BCUT2D eigenvalue weighted by atomic mass is 19.1. The second-order valence-corrected chi connectivity index (χ2v) is 5.48. The molecule has 0 saturated heterocycles. The van der Waals surface area contributed by atoms with E-state index < -0.39 is 11.6 Å². The van der Waals surface area contributed by atoms with E-state index in [0.29, 0.717) is 13.0 Å². The van der Waals surface area contributed by atoms with Gasteiger partial charge in [0.2, 0.25) is 0 Å². The SMILES string of the molecule is CC(Cc1c(F)cccc1F)NC(=O)NCCc1cnn(C)c1. The van der Waals surface area contributed by atoms with Gasteiger partial charge in [0.1, 0.15) is 11.6 Å². The van der Waals surface area contributed by atoms with Gasteiger partial charge < -0.3 is 10.6 Å². The Labute approximate surface area is 133 Å². The predicted molar refractivity (Wildman–Crippen MR) is 83.0 cm³/mol. The lowest BCUT2D eigenvalue weighted by Gasteiger charge is -2.15. The van der Waals surface area contributed by atoms with Crippen LogP contribution < -0.4 is 10.6 Å². The summed E-state index contributed by atoms with van der Waals surface area (Å²) in [7, 11) is 1.83. The number of urea groups is 1. The third-order valence-corrected chi connectivity index (χ3v) is 3.41. The summed E-state index contributed by atoms with van der Waals surface area (Å²) in [6.45, 7) is 2.16. The van der Waals surface area contributed by atoms with E-state index in [0.717, 1.165) is 5.56 Å². The Balaban J connectivity index is 1.76. The second kappa shape index (κ2) is 7.71. The van der Waals surface area contributed by atoms with Gasteiger partial charge in [-0.3, -0.25) is 4.68 Å². The fraction of sp³-hybridized carbons (Fsp3) is 0.375. The lowest BCUT2D eigenvalue weighted by molar-refractivity contribution is 0.237. The van der Waals surface area contributed by atoms with Crippen molar-refractivity contribution in [3.05, 3.63) is 53.4 Å². The van der Waals surface area contributed by atoms with Gasteiger partial charge in [0.15, 0.2) is 0 Å². The van der Waals surface area contributed by atoms with E-state index in [1.54, 1.807) is 17.8 Å². The average molecular weight is 322 g/mol. The van der Waals surface area contributed by atoms with Crippen LogP contribution in [0.3, 0.4) is 0 Å². The number of aryl methyl sites for hydroxylation is 1. The molecule has 2 N–H and O–H groups in total. The number of hydrogen-bond donors (Lipinski definition) is 2. The minimum atomic E-state index is -0.601. The number of nitrogens with zero attached hydrogens (tertiary/aromatic N) is 2. The van der Waals surface area contributed by atoms with Crippen molar-refractivity contribution >= 4 is 6.03 Å². The first-order valence-electron chi connectivity index (χ1n) is 7.40. The van der Waals surface area contributed by atoms with E-state index in [1.165, 1.54) is 18.2 Å². The molecule has 2 rings (SSSR count). The summed E-state index contributed by atoms with van der Waals surface area (Å²) in [5, 5.41) is 9.43. The maximum Gasteiger partial charge on any atom is 0.315 e. The van der Waals surface area contributed by atoms with Crippen molar-refractivity contribution in [3.63, 3.8) is 0 Å². The highest BCUT2D eigenvalue weighted by Gasteiger charge is 2.14. The Morgan fingerprint density at radius 2 is 2.04 bits per heavy atom. The average Bonchev–Trinajstić information content (AvgIpc) is 2.88. The fourth-order valence-electron chi connectivity index (χ4n) is 2.28. The second-order valence-electron chi connectivity index (χ2n) is 5.48. The lowest BCUT2D eigenvalue weighted by Crippen LogP contribution is -2.42. The van der Waals surface area contributed by atoms with E-state index in [4.69, 9.17) is 0 Å². The zero-order chi connectivity index (χ0) is 16.8. The van der Waals surface area contributed by atoms with Gasteiger partial charge in [-0.1, -0.05) is 6.07 Å². The number of nitrogens with one attached hydrogen (secondary N) is 2. The molecule has 0 aliphatic rings. The van der Waals surface area contributed by atoms with Crippen molar-refractivity contribution in [1.29, 1.82) is 0 Å². The molecule has 0 aliphatic heterocycles. The fourth-order valence-corrected chi connectivity index (χ4v) is 2.28. The molecule has 1 unspecified atom stereocenters. The Bertz CT molecular complexity index is 652. The van der Waals surface area contributed by atoms with Crippen molar-refractivity contribution in [2.24, 2.45) is 7.05 Å². The van der Waals surface area contributed by atoms with E-state index in [2.05, 4.69) is 15.7 Å². The van der Waals surface area contributed by atoms with Crippen molar-refractivity contribution in [2.75, 3.05) is 6.54 Å². The Morgan fingerprint density at radius 1 is 1.35 bits per heavy atom. The first-order chi connectivity index (χ1) is 11.0. The number of hydrogen-bond acceptors (Lipinski definition) is 2. The number of amides is 2. The summed E-state index contributed by atoms with van der Waals surface area (Å²) >= 11 is 0. The summed E-state index contributed by atoms with van der Waals surface area (Å²) in [6, 6.07) is 2.98. The van der Waals surface area contributed by atoms with Crippen LogP contribution in [-0.4, -0.2) is 28.4 Å². The molecule has 1 heterocycles. The largest absolute Gasteiger partial charge is 0.338 e. The van der Waals surface area contributed by atoms with Crippen LogP contribution >= 0.6 is 0 Å². The number of aromatic nitrogens is 2. The molecule has 124 valence electrons. The van der Waals surface area contributed by atoms with E-state index in [-0.39, 0.29) is 24.1 Å². The van der Waals surface area contributed by atoms with Crippen molar-refractivity contribution in [1.82, 2.24) is 20.4 Å². The normalized spacial score (nSPS) is 12.0. The Hall–Kier alpha value is -2.44. The predicted octanol–water partition coefficient (Wildman–Crippen LogP) is 2.17. The van der Waals surface area contributed by atoms with E-state index >= 15 is 0 Å². The maximum atomic E-state index is 13.6. The van der Waals surface area contributed by atoms with Crippen LogP contribution in [0.4, 0.5) is 13.6 Å². The van der Waals surface area contributed by atoms with Crippen LogP contribution in [0.5, 0.6) is 0 Å². The summed E-state index contributed by atoms with van der Waals surface area (Å²) in [4.78, 5) is 11.8. The van der Waals surface area contributed by atoms with E-state index in [9.17, 15) is 13.6 Å². The number of carbonyl (C=O) groups excluding carboxylic acids is 1. The third kappa shape index (κ3) is 5.05. The molecule has 5 nitrogen and oxygen atoms in total. The van der Waals surface area contributed by atoms with Gasteiger partial charge in [0, 0.05) is 31.4 Å². The topological polar surface area (TPSA) is 59.0 Å². The van der Waals surface area contributed by atoms with Gasteiger partial charge in [-0.2, -0.15) is 5.10 Å². The molecule has 0 saturated carbocycles. The molecule has 0 radical (unpaired) electrons. The van der Waals surface area contributed by atoms with Gasteiger partial charge in [0.25, 0.3) is 0 Å². The monoisotopic (exact) mass is 322 g/mol. The third-order valence-electron chi connectivity index (χ3n) is 3.41. The molecule has 0 aliphatic carbocycles. The quantitative estimate of drug-likeness (QED) is 0.856. The van der Waals surface area contributed by atoms with Crippen LogP contribution in [0.25, 0.3) is 0 Å². The highest BCUT2D eigenvalue weighted by Crippen LogP contribution is 2.14. The van der Waals surface area contributed by atoms with Crippen LogP contribution in [-0.2, 0) is 19.9 Å². The zero-order valence-electron chi connectivity index (χ0n) is 13.1. The van der Waals surface area contributed by atoms with Gasteiger partial charge >= 0.3 is 6.03 Å². The molecule has 1 aromatic carbocycles.